The van der Waals surface area contributed by atoms with Gasteiger partial charge in [0.15, 0.2) is 0 Å². The molecule has 104 valence electrons. The highest BCUT2D eigenvalue weighted by atomic mass is 35.5. The summed E-state index contributed by atoms with van der Waals surface area (Å²) in [6, 6.07) is 19.0. The van der Waals surface area contributed by atoms with Crippen molar-refractivity contribution in [2.45, 2.75) is 16.2 Å². The van der Waals surface area contributed by atoms with E-state index in [0.717, 1.165) is 13.1 Å². The molecule has 0 aliphatic carbocycles. The van der Waals surface area contributed by atoms with Gasteiger partial charge in [-0.05, 0) is 17.2 Å². The maximum Gasteiger partial charge on any atom is 0.0709 e. The smallest absolute Gasteiger partial charge is 0.0709 e. The summed E-state index contributed by atoms with van der Waals surface area (Å²) in [5, 5.41) is 3.56. The lowest BCUT2D eigenvalue weighted by Crippen LogP contribution is -2.25. The fourth-order valence-corrected chi connectivity index (χ4v) is 4.07. The summed E-state index contributed by atoms with van der Waals surface area (Å²) >= 11 is 8.38. The van der Waals surface area contributed by atoms with Crippen molar-refractivity contribution in [3.63, 3.8) is 0 Å². The minimum absolute atomic E-state index is 0.0421. The molecule has 0 bridgehead atoms. The van der Waals surface area contributed by atoms with Crippen molar-refractivity contribution in [3.8, 4) is 0 Å². The standard InChI is InChI=1S/C17H18ClNS/c18-16(13-6-2-1-3-7-13)11-19-10-14-12-20-17-9-5-4-8-15(14)17/h1-9,14,16,19H,10-12H2. The lowest BCUT2D eigenvalue weighted by Gasteiger charge is -2.15. The molecule has 0 fully saturated rings. The molecule has 1 heterocycles. The van der Waals surface area contributed by atoms with E-state index in [-0.39, 0.29) is 5.38 Å². The van der Waals surface area contributed by atoms with Gasteiger partial charge in [0.2, 0.25) is 0 Å². The van der Waals surface area contributed by atoms with E-state index in [2.05, 4.69) is 41.7 Å². The third-order valence-corrected chi connectivity index (χ3v) is 5.33. The van der Waals surface area contributed by atoms with Crippen molar-refractivity contribution in [2.75, 3.05) is 18.8 Å². The fraction of sp³-hybridized carbons (Fsp3) is 0.294. The number of rotatable bonds is 5. The van der Waals surface area contributed by atoms with Gasteiger partial charge in [0.1, 0.15) is 0 Å². The van der Waals surface area contributed by atoms with Crippen LogP contribution in [0.3, 0.4) is 0 Å². The van der Waals surface area contributed by atoms with Gasteiger partial charge < -0.3 is 5.32 Å². The third-order valence-electron chi connectivity index (χ3n) is 3.67. The molecule has 2 aromatic rings. The van der Waals surface area contributed by atoms with Crippen LogP contribution >= 0.6 is 23.4 Å². The summed E-state index contributed by atoms with van der Waals surface area (Å²) in [5.41, 5.74) is 2.67. The number of benzene rings is 2. The summed E-state index contributed by atoms with van der Waals surface area (Å²) < 4.78 is 0. The highest BCUT2D eigenvalue weighted by Crippen LogP contribution is 2.38. The molecule has 1 N–H and O–H groups in total. The Labute approximate surface area is 129 Å². The molecule has 0 spiro atoms. The molecule has 2 aromatic carbocycles. The summed E-state index contributed by atoms with van der Waals surface area (Å²) in [5.74, 6) is 1.78. The molecule has 0 amide bonds. The highest BCUT2D eigenvalue weighted by molar-refractivity contribution is 7.99. The van der Waals surface area contributed by atoms with Crippen LogP contribution in [0.4, 0.5) is 0 Å². The molecule has 0 saturated heterocycles. The zero-order valence-electron chi connectivity index (χ0n) is 11.3. The largest absolute Gasteiger partial charge is 0.314 e. The molecule has 3 rings (SSSR count). The molecule has 1 aliphatic rings. The third kappa shape index (κ3) is 3.20. The highest BCUT2D eigenvalue weighted by Gasteiger charge is 2.22. The zero-order valence-corrected chi connectivity index (χ0v) is 12.8. The van der Waals surface area contributed by atoms with Crippen molar-refractivity contribution in [1.82, 2.24) is 5.32 Å². The molecular weight excluding hydrogens is 286 g/mol. The Morgan fingerprint density at radius 1 is 1.10 bits per heavy atom. The fourth-order valence-electron chi connectivity index (χ4n) is 2.56. The zero-order chi connectivity index (χ0) is 13.8. The summed E-state index contributed by atoms with van der Waals surface area (Å²) in [6.45, 7) is 1.81. The first kappa shape index (κ1) is 14.0. The van der Waals surface area contributed by atoms with Gasteiger partial charge >= 0.3 is 0 Å². The number of alkyl halides is 1. The first-order valence-electron chi connectivity index (χ1n) is 6.96. The van der Waals surface area contributed by atoms with Gasteiger partial charge in [-0.15, -0.1) is 23.4 Å². The van der Waals surface area contributed by atoms with E-state index < -0.39 is 0 Å². The molecule has 2 atom stereocenters. The molecule has 20 heavy (non-hydrogen) atoms. The van der Waals surface area contributed by atoms with Crippen molar-refractivity contribution in [1.29, 1.82) is 0 Å². The second-order valence-corrected chi connectivity index (χ2v) is 6.67. The van der Waals surface area contributed by atoms with Crippen LogP contribution in [0.25, 0.3) is 0 Å². The number of nitrogens with one attached hydrogen (secondary N) is 1. The maximum absolute atomic E-state index is 6.42. The minimum atomic E-state index is 0.0421. The van der Waals surface area contributed by atoms with Crippen molar-refractivity contribution < 1.29 is 0 Å². The average Bonchev–Trinajstić information content (AvgIpc) is 2.92. The second-order valence-electron chi connectivity index (χ2n) is 5.08. The van der Waals surface area contributed by atoms with Crippen LogP contribution in [-0.2, 0) is 0 Å². The molecule has 1 nitrogen and oxygen atoms in total. The first-order valence-corrected chi connectivity index (χ1v) is 8.38. The molecule has 0 aromatic heterocycles. The van der Waals surface area contributed by atoms with E-state index in [9.17, 15) is 0 Å². The molecule has 1 aliphatic heterocycles. The van der Waals surface area contributed by atoms with Crippen LogP contribution in [0.1, 0.15) is 22.4 Å². The van der Waals surface area contributed by atoms with Gasteiger partial charge in [-0.3, -0.25) is 0 Å². The molecular formula is C17H18ClNS. The normalized spacial score (nSPS) is 18.8. The van der Waals surface area contributed by atoms with Gasteiger partial charge in [-0.25, -0.2) is 0 Å². The van der Waals surface area contributed by atoms with Crippen LogP contribution in [0, 0.1) is 0 Å². The lowest BCUT2D eigenvalue weighted by atomic mass is 10.0. The number of fused-ring (bicyclic) bond motifs is 1. The predicted molar refractivity (Wildman–Crippen MR) is 87.8 cm³/mol. The molecule has 3 heteroatoms. The Morgan fingerprint density at radius 3 is 2.70 bits per heavy atom. The summed E-state index contributed by atoms with van der Waals surface area (Å²) in [4.78, 5) is 1.43. The van der Waals surface area contributed by atoms with Crippen LogP contribution in [0.15, 0.2) is 59.5 Å². The van der Waals surface area contributed by atoms with Crippen molar-refractivity contribution in [3.05, 3.63) is 65.7 Å². The minimum Gasteiger partial charge on any atom is -0.314 e. The van der Waals surface area contributed by atoms with Crippen molar-refractivity contribution >= 4 is 23.4 Å². The summed E-state index contributed by atoms with van der Waals surface area (Å²) in [6.07, 6.45) is 0. The van der Waals surface area contributed by atoms with E-state index >= 15 is 0 Å². The van der Waals surface area contributed by atoms with Crippen LogP contribution in [0.5, 0.6) is 0 Å². The van der Waals surface area contributed by atoms with Gasteiger partial charge in [0.05, 0.1) is 5.38 Å². The Kier molecular flexibility index (Phi) is 4.66. The van der Waals surface area contributed by atoms with E-state index in [4.69, 9.17) is 11.6 Å². The Balaban J connectivity index is 1.52. The van der Waals surface area contributed by atoms with Gasteiger partial charge in [-0.2, -0.15) is 0 Å². The lowest BCUT2D eigenvalue weighted by molar-refractivity contribution is 0.614. The number of halogens is 1. The van der Waals surface area contributed by atoms with Crippen LogP contribution < -0.4 is 5.32 Å². The SMILES string of the molecule is ClC(CNCC1CSc2ccccc21)c1ccccc1. The number of thioether (sulfide) groups is 1. The Morgan fingerprint density at radius 2 is 1.85 bits per heavy atom. The number of hydrogen-bond acceptors (Lipinski definition) is 2. The Bertz CT molecular complexity index is 558. The maximum atomic E-state index is 6.42. The van der Waals surface area contributed by atoms with E-state index in [0.29, 0.717) is 5.92 Å². The molecule has 0 radical (unpaired) electrons. The van der Waals surface area contributed by atoms with E-state index in [1.54, 1.807) is 0 Å². The average molecular weight is 304 g/mol. The predicted octanol–water partition coefficient (Wildman–Crippen LogP) is 4.45. The summed E-state index contributed by atoms with van der Waals surface area (Å²) in [7, 11) is 0. The van der Waals surface area contributed by atoms with E-state index in [1.807, 2.05) is 30.0 Å². The van der Waals surface area contributed by atoms with Gasteiger partial charge in [0.25, 0.3) is 0 Å². The Hall–Kier alpha value is -0.960. The number of hydrogen-bond donors (Lipinski definition) is 1. The molecule has 0 saturated carbocycles. The first-order chi connectivity index (χ1) is 9.84. The van der Waals surface area contributed by atoms with Crippen molar-refractivity contribution in [2.24, 2.45) is 0 Å². The topological polar surface area (TPSA) is 12.0 Å². The van der Waals surface area contributed by atoms with Gasteiger partial charge in [-0.1, -0.05) is 48.5 Å². The second kappa shape index (κ2) is 6.66. The van der Waals surface area contributed by atoms with Crippen LogP contribution in [0.2, 0.25) is 0 Å². The monoisotopic (exact) mass is 303 g/mol. The van der Waals surface area contributed by atoms with Crippen LogP contribution in [-0.4, -0.2) is 18.8 Å². The molecule has 2 unspecified atom stereocenters. The van der Waals surface area contributed by atoms with E-state index in [1.165, 1.54) is 21.8 Å². The van der Waals surface area contributed by atoms with Gasteiger partial charge in [0, 0.05) is 29.7 Å². The quantitative estimate of drug-likeness (QED) is 0.819.